The zero-order chi connectivity index (χ0) is 18.8. The van der Waals surface area contributed by atoms with Crippen LogP contribution in [0, 0.1) is 6.92 Å². The number of nitrogens with one attached hydrogen (secondary N) is 2. The van der Waals surface area contributed by atoms with Crippen molar-refractivity contribution >= 4 is 11.7 Å². The van der Waals surface area contributed by atoms with Crippen molar-refractivity contribution in [3.63, 3.8) is 0 Å². The second-order valence-corrected chi connectivity index (χ2v) is 7.57. The Morgan fingerprint density at radius 1 is 1.19 bits per heavy atom. The molecule has 0 bridgehead atoms. The van der Waals surface area contributed by atoms with Crippen LogP contribution in [0.1, 0.15) is 76.2 Å². The first kappa shape index (κ1) is 17.8. The third-order valence-corrected chi connectivity index (χ3v) is 5.67. The Hall–Kier alpha value is -2.56. The lowest BCUT2D eigenvalue weighted by molar-refractivity contribution is 0.0944. The zero-order valence-corrected chi connectivity index (χ0v) is 15.8. The van der Waals surface area contributed by atoms with E-state index < -0.39 is 0 Å². The summed E-state index contributed by atoms with van der Waals surface area (Å²) in [6.07, 6.45) is 7.16. The molecule has 2 aliphatic carbocycles. The number of aryl methyl sites for hydroxylation is 1. The maximum absolute atomic E-state index is 12.7. The van der Waals surface area contributed by atoms with Crippen molar-refractivity contribution < 1.29 is 14.3 Å². The van der Waals surface area contributed by atoms with Crippen LogP contribution in [0.5, 0.6) is 5.75 Å². The minimum Gasteiger partial charge on any atom is -0.490 e. The molecular weight excluding hydrogens is 340 g/mol. The molecule has 1 aromatic heterocycles. The molecule has 0 saturated heterocycles. The summed E-state index contributed by atoms with van der Waals surface area (Å²) in [5.41, 5.74) is 3.87. The van der Waals surface area contributed by atoms with Crippen LogP contribution in [0.25, 0.3) is 0 Å². The largest absolute Gasteiger partial charge is 0.490 e. The summed E-state index contributed by atoms with van der Waals surface area (Å²) in [5, 5.41) is 2.98. The van der Waals surface area contributed by atoms with Crippen LogP contribution < -0.4 is 10.1 Å². The van der Waals surface area contributed by atoms with E-state index in [4.69, 9.17) is 4.74 Å². The number of hydrogen-bond donors (Lipinski definition) is 2. The van der Waals surface area contributed by atoms with E-state index in [1.165, 1.54) is 12.8 Å². The Morgan fingerprint density at radius 3 is 2.74 bits per heavy atom. The highest BCUT2D eigenvalue weighted by molar-refractivity contribution is 6.04. The van der Waals surface area contributed by atoms with Crippen molar-refractivity contribution in [2.75, 3.05) is 0 Å². The second kappa shape index (κ2) is 7.59. The number of hydrogen-bond acceptors (Lipinski definition) is 3. The number of rotatable bonds is 5. The van der Waals surface area contributed by atoms with Crippen LogP contribution in [-0.2, 0) is 13.0 Å². The van der Waals surface area contributed by atoms with Gasteiger partial charge in [-0.25, -0.2) is 0 Å². The monoisotopic (exact) mass is 366 g/mol. The molecule has 0 spiro atoms. The lowest BCUT2D eigenvalue weighted by atomic mass is 9.94. The van der Waals surface area contributed by atoms with Gasteiger partial charge in [-0.05, 0) is 57.1 Å². The summed E-state index contributed by atoms with van der Waals surface area (Å²) in [5.74, 6) is 0.812. The fraction of sp³-hybridized carbons (Fsp3) is 0.455. The minimum absolute atomic E-state index is 0.138. The number of fused-ring (bicyclic) bond motifs is 1. The van der Waals surface area contributed by atoms with Crippen LogP contribution in [0.15, 0.2) is 24.3 Å². The van der Waals surface area contributed by atoms with Gasteiger partial charge < -0.3 is 15.0 Å². The first-order valence-corrected chi connectivity index (χ1v) is 9.91. The van der Waals surface area contributed by atoms with Crippen LogP contribution >= 0.6 is 0 Å². The Bertz CT molecular complexity index is 862. The molecule has 1 heterocycles. The van der Waals surface area contributed by atoms with Gasteiger partial charge in [0.15, 0.2) is 5.78 Å². The van der Waals surface area contributed by atoms with Crippen LogP contribution in [-0.4, -0.2) is 22.8 Å². The van der Waals surface area contributed by atoms with Crippen molar-refractivity contribution in [1.82, 2.24) is 10.3 Å². The van der Waals surface area contributed by atoms with Gasteiger partial charge in [0, 0.05) is 29.8 Å². The summed E-state index contributed by atoms with van der Waals surface area (Å²) in [6, 6.07) is 7.88. The fourth-order valence-electron chi connectivity index (χ4n) is 4.22. The van der Waals surface area contributed by atoms with Crippen LogP contribution in [0.4, 0.5) is 0 Å². The van der Waals surface area contributed by atoms with Crippen molar-refractivity contribution in [1.29, 1.82) is 0 Å². The lowest BCUT2D eigenvalue weighted by Gasteiger charge is -2.16. The maximum atomic E-state index is 12.7. The molecule has 5 heteroatoms. The van der Waals surface area contributed by atoms with Gasteiger partial charge in [-0.2, -0.15) is 0 Å². The second-order valence-electron chi connectivity index (χ2n) is 7.57. The third-order valence-electron chi connectivity index (χ3n) is 5.67. The number of benzene rings is 1. The average molecular weight is 366 g/mol. The van der Waals surface area contributed by atoms with Gasteiger partial charge in [-0.1, -0.05) is 18.2 Å². The Labute approximate surface area is 159 Å². The molecule has 0 atom stereocenters. The number of carbonyl (C=O) groups excluding carboxylic acids is 2. The molecule has 0 aliphatic heterocycles. The normalized spacial score (nSPS) is 17.0. The molecule has 2 aromatic rings. The van der Waals surface area contributed by atoms with E-state index in [0.29, 0.717) is 18.7 Å². The third kappa shape index (κ3) is 3.64. The van der Waals surface area contributed by atoms with Gasteiger partial charge >= 0.3 is 0 Å². The highest BCUT2D eigenvalue weighted by Crippen LogP contribution is 2.28. The molecule has 2 aliphatic rings. The Kier molecular flexibility index (Phi) is 5.01. The summed E-state index contributed by atoms with van der Waals surface area (Å²) in [7, 11) is 0. The molecule has 1 saturated carbocycles. The predicted molar refractivity (Wildman–Crippen MR) is 103 cm³/mol. The number of aromatic nitrogens is 1. The lowest BCUT2D eigenvalue weighted by Crippen LogP contribution is -2.24. The Morgan fingerprint density at radius 2 is 1.96 bits per heavy atom. The smallest absolute Gasteiger partial charge is 0.268 e. The van der Waals surface area contributed by atoms with E-state index in [1.54, 1.807) is 0 Å². The molecule has 142 valence electrons. The summed E-state index contributed by atoms with van der Waals surface area (Å²) in [4.78, 5) is 28.1. The van der Waals surface area contributed by atoms with Gasteiger partial charge in [0.05, 0.1) is 6.10 Å². The number of amides is 1. The molecule has 0 unspecified atom stereocenters. The van der Waals surface area contributed by atoms with E-state index in [-0.39, 0.29) is 17.8 Å². The number of ketones is 1. The summed E-state index contributed by atoms with van der Waals surface area (Å²) in [6.45, 7) is 2.25. The van der Waals surface area contributed by atoms with Crippen molar-refractivity contribution in [3.8, 4) is 5.75 Å². The molecule has 0 radical (unpaired) electrons. The van der Waals surface area contributed by atoms with Crippen molar-refractivity contribution in [2.24, 2.45) is 0 Å². The van der Waals surface area contributed by atoms with E-state index in [0.717, 1.165) is 53.8 Å². The highest BCUT2D eigenvalue weighted by Gasteiger charge is 2.26. The maximum Gasteiger partial charge on any atom is 0.268 e. The number of carbonyl (C=O) groups is 2. The first-order chi connectivity index (χ1) is 13.1. The van der Waals surface area contributed by atoms with Crippen molar-refractivity contribution in [3.05, 3.63) is 52.3 Å². The molecule has 4 rings (SSSR count). The molecule has 5 nitrogen and oxygen atoms in total. The van der Waals surface area contributed by atoms with Crippen molar-refractivity contribution in [2.45, 2.75) is 64.5 Å². The zero-order valence-electron chi connectivity index (χ0n) is 15.8. The van der Waals surface area contributed by atoms with Gasteiger partial charge in [0.2, 0.25) is 0 Å². The summed E-state index contributed by atoms with van der Waals surface area (Å²) >= 11 is 0. The van der Waals surface area contributed by atoms with Gasteiger partial charge in [-0.3, -0.25) is 9.59 Å². The molecule has 27 heavy (non-hydrogen) atoms. The number of aromatic amines is 1. The molecule has 1 amide bonds. The topological polar surface area (TPSA) is 71.2 Å². The van der Waals surface area contributed by atoms with Gasteiger partial charge in [0.1, 0.15) is 11.4 Å². The number of para-hydroxylation sites is 1. The van der Waals surface area contributed by atoms with Gasteiger partial charge in [-0.15, -0.1) is 0 Å². The highest BCUT2D eigenvalue weighted by atomic mass is 16.5. The molecule has 2 N–H and O–H groups in total. The number of ether oxygens (including phenoxy) is 1. The summed E-state index contributed by atoms with van der Waals surface area (Å²) < 4.78 is 6.14. The average Bonchev–Trinajstić information content (AvgIpc) is 3.29. The van der Waals surface area contributed by atoms with E-state index in [2.05, 4.69) is 10.3 Å². The standard InChI is InChI=1S/C22H26N2O3/c1-14-20-17(10-6-11-18(20)25)24-21(14)22(26)23-13-15-7-2-5-12-19(15)27-16-8-3-4-9-16/h2,5,7,12,16,24H,3-4,6,8-11,13H2,1H3,(H,23,26). The minimum atomic E-state index is -0.176. The first-order valence-electron chi connectivity index (χ1n) is 9.91. The quantitative estimate of drug-likeness (QED) is 0.837. The van der Waals surface area contributed by atoms with E-state index in [1.807, 2.05) is 31.2 Å². The number of Topliss-reactive ketones (excluding diaryl/α,β-unsaturated/α-hetero) is 1. The molecule has 1 aromatic carbocycles. The van der Waals surface area contributed by atoms with Crippen LogP contribution in [0.2, 0.25) is 0 Å². The van der Waals surface area contributed by atoms with Gasteiger partial charge in [0.25, 0.3) is 5.91 Å². The van der Waals surface area contributed by atoms with E-state index in [9.17, 15) is 9.59 Å². The number of H-pyrrole nitrogens is 1. The van der Waals surface area contributed by atoms with Crippen LogP contribution in [0.3, 0.4) is 0 Å². The fourth-order valence-corrected chi connectivity index (χ4v) is 4.22. The molecule has 1 fully saturated rings. The predicted octanol–water partition coefficient (Wildman–Crippen LogP) is 4.09. The SMILES string of the molecule is Cc1c(C(=O)NCc2ccccc2OC2CCCC2)[nH]c2c1C(=O)CCC2. The Balaban J connectivity index is 1.46. The van der Waals surface area contributed by atoms with E-state index >= 15 is 0 Å². The molecular formula is C22H26N2O3.